The molecule has 7 rings (SSSR count). The highest BCUT2D eigenvalue weighted by atomic mass is 32.2. The van der Waals surface area contributed by atoms with Crippen LogP contribution < -0.4 is 4.74 Å². The van der Waals surface area contributed by atoms with Crippen LogP contribution in [0.4, 0.5) is 0 Å². The van der Waals surface area contributed by atoms with E-state index in [-0.39, 0.29) is 12.6 Å². The van der Waals surface area contributed by atoms with E-state index < -0.39 is 9.84 Å². The molecule has 3 aliphatic heterocycles. The Balaban J connectivity index is 1.43. The van der Waals surface area contributed by atoms with Crippen LogP contribution in [0.2, 0.25) is 0 Å². The van der Waals surface area contributed by atoms with Crippen molar-refractivity contribution >= 4 is 31.6 Å². The Hall–Kier alpha value is -3.35. The molecule has 0 unspecified atom stereocenters. The van der Waals surface area contributed by atoms with E-state index in [1.165, 1.54) is 6.26 Å². The molecular formula is C26H27N5O3S. The van der Waals surface area contributed by atoms with Gasteiger partial charge in [0.1, 0.15) is 17.7 Å². The number of H-pyrrole nitrogens is 1. The maximum Gasteiger partial charge on any atom is 0.175 e. The van der Waals surface area contributed by atoms with Crippen LogP contribution in [-0.2, 0) is 16.4 Å². The number of nitriles is 1. The molecule has 35 heavy (non-hydrogen) atoms. The second kappa shape index (κ2) is 8.11. The SMILES string of the molecule is Cc1cc(S(C)(=O)=O)c(Cn2cc3ccc(C#N)c(O[C@@H]4CN5CCC4CC5)c3n2)c2cc[nH]c12. The molecular weight excluding hydrogens is 462 g/mol. The van der Waals surface area contributed by atoms with Crippen molar-refractivity contribution in [2.75, 3.05) is 25.9 Å². The van der Waals surface area contributed by atoms with E-state index in [1.807, 2.05) is 31.5 Å². The molecule has 5 heterocycles. The molecule has 3 fully saturated rings. The van der Waals surface area contributed by atoms with Gasteiger partial charge in [0.05, 0.1) is 17.0 Å². The van der Waals surface area contributed by atoms with Crippen molar-refractivity contribution in [3.05, 3.63) is 53.3 Å². The lowest BCUT2D eigenvalue weighted by atomic mass is 9.86. The third-order valence-electron chi connectivity index (χ3n) is 7.50. The van der Waals surface area contributed by atoms with Crippen molar-refractivity contribution in [2.45, 2.75) is 37.3 Å². The van der Waals surface area contributed by atoms with Crippen LogP contribution in [0.3, 0.4) is 0 Å². The first-order valence-electron chi connectivity index (χ1n) is 11.9. The quantitative estimate of drug-likeness (QED) is 0.459. The third kappa shape index (κ3) is 3.77. The van der Waals surface area contributed by atoms with Crippen molar-refractivity contribution < 1.29 is 13.2 Å². The van der Waals surface area contributed by atoms with Crippen molar-refractivity contribution in [1.82, 2.24) is 19.7 Å². The van der Waals surface area contributed by atoms with Gasteiger partial charge in [0, 0.05) is 47.0 Å². The summed E-state index contributed by atoms with van der Waals surface area (Å²) in [5.41, 5.74) is 3.61. The summed E-state index contributed by atoms with van der Waals surface area (Å²) in [6.45, 7) is 5.29. The van der Waals surface area contributed by atoms with Gasteiger partial charge in [-0.15, -0.1) is 0 Å². The summed E-state index contributed by atoms with van der Waals surface area (Å²) in [6.07, 6.45) is 7.24. The van der Waals surface area contributed by atoms with E-state index >= 15 is 0 Å². The number of aromatic amines is 1. The molecule has 8 nitrogen and oxygen atoms in total. The number of rotatable bonds is 5. The molecule has 3 aliphatic rings. The van der Waals surface area contributed by atoms with E-state index in [2.05, 4.69) is 16.0 Å². The van der Waals surface area contributed by atoms with Crippen LogP contribution in [0.15, 0.2) is 41.6 Å². The lowest BCUT2D eigenvalue weighted by Gasteiger charge is -2.44. The predicted octanol–water partition coefficient (Wildman–Crippen LogP) is 3.62. The number of aryl methyl sites for hydroxylation is 1. The fourth-order valence-corrected chi connectivity index (χ4v) is 6.70. The molecule has 1 N–H and O–H groups in total. The number of fused-ring (bicyclic) bond motifs is 5. The van der Waals surface area contributed by atoms with Crippen LogP contribution in [-0.4, -0.2) is 60.1 Å². The standard InChI is InChI=1S/C26H27N5O3S/c1-16-11-23(35(2,32)33)21(20-5-8-28-24(16)20)14-31-13-19-4-3-18(12-27)26(25(19)29-31)34-22-15-30-9-6-17(22)7-10-30/h3-5,8,11,13,17,22,28H,6-7,9-10,14-15H2,1-2H3/t22-/m1/s1. The van der Waals surface area contributed by atoms with Crippen molar-refractivity contribution in [2.24, 2.45) is 5.92 Å². The zero-order valence-electron chi connectivity index (χ0n) is 19.8. The highest BCUT2D eigenvalue weighted by Gasteiger charge is 2.36. The van der Waals surface area contributed by atoms with Crippen LogP contribution in [0, 0.1) is 24.2 Å². The fourth-order valence-electron chi connectivity index (χ4n) is 5.69. The zero-order valence-corrected chi connectivity index (χ0v) is 20.6. The average Bonchev–Trinajstić information content (AvgIpc) is 3.49. The lowest BCUT2D eigenvalue weighted by molar-refractivity contribution is -0.00724. The summed E-state index contributed by atoms with van der Waals surface area (Å²) in [5, 5.41) is 16.3. The molecule has 2 bridgehead atoms. The fraction of sp³-hybridized carbons (Fsp3) is 0.385. The molecule has 0 spiro atoms. The van der Waals surface area contributed by atoms with Gasteiger partial charge in [-0.25, -0.2) is 8.42 Å². The highest BCUT2D eigenvalue weighted by molar-refractivity contribution is 7.90. The van der Waals surface area contributed by atoms with Gasteiger partial charge in [-0.1, -0.05) is 0 Å². The van der Waals surface area contributed by atoms with Gasteiger partial charge < -0.3 is 9.72 Å². The van der Waals surface area contributed by atoms with Crippen LogP contribution in [0.1, 0.15) is 29.5 Å². The lowest BCUT2D eigenvalue weighted by Crippen LogP contribution is -2.52. The molecule has 0 radical (unpaired) electrons. The highest BCUT2D eigenvalue weighted by Crippen LogP contribution is 2.36. The molecule has 2 aromatic heterocycles. The van der Waals surface area contributed by atoms with Crippen molar-refractivity contribution in [3.8, 4) is 11.8 Å². The average molecular weight is 490 g/mol. The van der Waals surface area contributed by atoms with Gasteiger partial charge in [0.15, 0.2) is 15.6 Å². The second-order valence-corrected chi connectivity index (χ2v) is 11.8. The summed E-state index contributed by atoms with van der Waals surface area (Å²) in [5.74, 6) is 1.03. The first-order chi connectivity index (χ1) is 16.8. The van der Waals surface area contributed by atoms with Gasteiger partial charge in [0.2, 0.25) is 0 Å². The van der Waals surface area contributed by atoms with Crippen LogP contribution in [0.25, 0.3) is 21.8 Å². The van der Waals surface area contributed by atoms with E-state index in [1.54, 1.807) is 16.8 Å². The monoisotopic (exact) mass is 489 g/mol. The molecule has 4 aromatic rings. The number of nitrogens with one attached hydrogen (secondary N) is 1. The Morgan fingerprint density at radius 1 is 1.26 bits per heavy atom. The Morgan fingerprint density at radius 3 is 2.74 bits per heavy atom. The summed E-state index contributed by atoms with van der Waals surface area (Å²) in [7, 11) is -3.45. The minimum absolute atomic E-state index is 0.0498. The molecule has 3 saturated heterocycles. The summed E-state index contributed by atoms with van der Waals surface area (Å²) in [6, 6.07) is 9.55. The number of nitrogens with zero attached hydrogens (tertiary/aromatic N) is 4. The second-order valence-electron chi connectivity index (χ2n) is 9.82. The predicted molar refractivity (Wildman–Crippen MR) is 133 cm³/mol. The van der Waals surface area contributed by atoms with Crippen LogP contribution >= 0.6 is 0 Å². The minimum Gasteiger partial charge on any atom is -0.485 e. The maximum absolute atomic E-state index is 12.7. The van der Waals surface area contributed by atoms with E-state index in [4.69, 9.17) is 9.84 Å². The molecule has 0 saturated carbocycles. The molecule has 2 aromatic carbocycles. The number of ether oxygens (including phenoxy) is 1. The summed E-state index contributed by atoms with van der Waals surface area (Å²) in [4.78, 5) is 5.94. The number of benzene rings is 2. The van der Waals surface area contributed by atoms with Gasteiger partial charge in [-0.3, -0.25) is 9.58 Å². The topological polar surface area (TPSA) is 104 Å². The Kier molecular flexibility index (Phi) is 5.13. The number of sulfone groups is 1. The zero-order chi connectivity index (χ0) is 24.3. The number of aromatic nitrogens is 3. The maximum atomic E-state index is 12.7. The third-order valence-corrected chi connectivity index (χ3v) is 8.66. The molecule has 1 atom stereocenters. The Bertz CT molecular complexity index is 1600. The van der Waals surface area contributed by atoms with Crippen LogP contribution in [0.5, 0.6) is 5.75 Å². The van der Waals surface area contributed by atoms with Gasteiger partial charge in [0.25, 0.3) is 0 Å². The van der Waals surface area contributed by atoms with E-state index in [0.717, 1.165) is 54.3 Å². The first kappa shape index (κ1) is 22.1. The number of hydrogen-bond acceptors (Lipinski definition) is 6. The molecule has 180 valence electrons. The van der Waals surface area contributed by atoms with Gasteiger partial charge in [-0.2, -0.15) is 10.4 Å². The molecule has 0 amide bonds. The largest absolute Gasteiger partial charge is 0.485 e. The summed E-state index contributed by atoms with van der Waals surface area (Å²) >= 11 is 0. The smallest absolute Gasteiger partial charge is 0.175 e. The van der Waals surface area contributed by atoms with Crippen molar-refractivity contribution in [3.63, 3.8) is 0 Å². The number of piperidine rings is 3. The minimum atomic E-state index is -3.45. The Labute approximate surface area is 204 Å². The van der Waals surface area contributed by atoms with Gasteiger partial charge in [-0.05, 0) is 68.6 Å². The summed E-state index contributed by atoms with van der Waals surface area (Å²) < 4.78 is 33.6. The number of hydrogen-bond donors (Lipinski definition) is 1. The Morgan fingerprint density at radius 2 is 2.06 bits per heavy atom. The normalized spacial score (nSPS) is 22.0. The van der Waals surface area contributed by atoms with Gasteiger partial charge >= 0.3 is 0 Å². The molecule has 9 heteroatoms. The van der Waals surface area contributed by atoms with Crippen molar-refractivity contribution in [1.29, 1.82) is 5.26 Å². The molecule has 0 aliphatic carbocycles. The van der Waals surface area contributed by atoms with E-state index in [9.17, 15) is 13.7 Å². The first-order valence-corrected chi connectivity index (χ1v) is 13.8. The van der Waals surface area contributed by atoms with E-state index in [0.29, 0.717) is 33.2 Å².